The summed E-state index contributed by atoms with van der Waals surface area (Å²) in [6.07, 6.45) is 2.90. The van der Waals surface area contributed by atoms with Gasteiger partial charge >= 0.3 is 0 Å². The van der Waals surface area contributed by atoms with E-state index in [-0.39, 0.29) is 22.4 Å². The zero-order valence-corrected chi connectivity index (χ0v) is 13.0. The number of nitrogens with two attached hydrogens (primary N) is 1. The number of rotatable bonds is 5. The average molecular weight is 312 g/mol. The highest BCUT2D eigenvalue weighted by Gasteiger charge is 2.38. The molecule has 2 atom stereocenters. The highest BCUT2D eigenvalue weighted by Crippen LogP contribution is 2.42. The van der Waals surface area contributed by atoms with Gasteiger partial charge in [0.1, 0.15) is 4.90 Å². The van der Waals surface area contributed by atoms with Crippen molar-refractivity contribution in [2.45, 2.75) is 37.0 Å². The standard InChI is InChI=1S/C13H20N4O3S/c1-7-5-9(7)6-17(2)13(18)11-12(21(14,19)20)10(15-16-11)8-3-4-8/h7-9H,3-6H2,1-2H3,(H,15,16)(H2,14,19,20). The molecule has 116 valence electrons. The summed E-state index contributed by atoms with van der Waals surface area (Å²) in [4.78, 5) is 13.9. The van der Waals surface area contributed by atoms with Crippen molar-refractivity contribution in [1.29, 1.82) is 0 Å². The van der Waals surface area contributed by atoms with Gasteiger partial charge in [0.25, 0.3) is 5.91 Å². The predicted molar refractivity (Wildman–Crippen MR) is 76.2 cm³/mol. The first-order chi connectivity index (χ1) is 9.79. The van der Waals surface area contributed by atoms with Crippen LogP contribution in [0.15, 0.2) is 4.90 Å². The topological polar surface area (TPSA) is 109 Å². The second kappa shape index (κ2) is 4.81. The number of aromatic nitrogens is 2. The number of amides is 1. The van der Waals surface area contributed by atoms with E-state index < -0.39 is 10.0 Å². The summed E-state index contributed by atoms with van der Waals surface area (Å²) in [5.74, 6) is 0.861. The van der Waals surface area contributed by atoms with Crippen molar-refractivity contribution in [3.05, 3.63) is 11.4 Å². The van der Waals surface area contributed by atoms with Crippen LogP contribution in [0.2, 0.25) is 0 Å². The first-order valence-electron chi connectivity index (χ1n) is 7.15. The number of H-pyrrole nitrogens is 1. The van der Waals surface area contributed by atoms with Gasteiger partial charge in [-0.3, -0.25) is 9.89 Å². The molecule has 7 nitrogen and oxygen atoms in total. The Morgan fingerprint density at radius 1 is 1.48 bits per heavy atom. The van der Waals surface area contributed by atoms with Gasteiger partial charge in [0.15, 0.2) is 5.69 Å². The molecule has 3 N–H and O–H groups in total. The van der Waals surface area contributed by atoms with Gasteiger partial charge in [-0.15, -0.1) is 0 Å². The molecule has 0 saturated heterocycles. The van der Waals surface area contributed by atoms with Gasteiger partial charge in [-0.25, -0.2) is 13.6 Å². The number of sulfonamides is 1. The Balaban J connectivity index is 1.89. The minimum atomic E-state index is -3.97. The van der Waals surface area contributed by atoms with Gasteiger partial charge < -0.3 is 4.90 Å². The maximum atomic E-state index is 12.5. The third-order valence-corrected chi connectivity index (χ3v) is 5.33. The van der Waals surface area contributed by atoms with Crippen molar-refractivity contribution >= 4 is 15.9 Å². The first-order valence-corrected chi connectivity index (χ1v) is 8.70. The average Bonchev–Trinajstić information content (AvgIpc) is 3.29. The number of nitrogens with zero attached hydrogens (tertiary/aromatic N) is 2. The molecule has 3 rings (SSSR count). The maximum Gasteiger partial charge on any atom is 0.275 e. The lowest BCUT2D eigenvalue weighted by Crippen LogP contribution is -2.31. The smallest absolute Gasteiger partial charge is 0.275 e. The zero-order chi connectivity index (χ0) is 15.4. The van der Waals surface area contributed by atoms with E-state index in [9.17, 15) is 13.2 Å². The van der Waals surface area contributed by atoms with E-state index in [1.807, 2.05) is 0 Å². The number of carbonyl (C=O) groups is 1. The van der Waals surface area contributed by atoms with E-state index in [1.54, 1.807) is 7.05 Å². The van der Waals surface area contributed by atoms with E-state index in [0.717, 1.165) is 19.3 Å². The van der Waals surface area contributed by atoms with Gasteiger partial charge in [-0.2, -0.15) is 5.10 Å². The molecule has 1 amide bonds. The molecule has 0 aliphatic heterocycles. The van der Waals surface area contributed by atoms with E-state index in [2.05, 4.69) is 17.1 Å². The molecule has 1 aromatic heterocycles. The third-order valence-electron chi connectivity index (χ3n) is 4.35. The van der Waals surface area contributed by atoms with E-state index in [0.29, 0.717) is 24.1 Å². The fraction of sp³-hybridized carbons (Fsp3) is 0.692. The number of nitrogens with one attached hydrogen (secondary N) is 1. The van der Waals surface area contributed by atoms with Crippen LogP contribution in [0.5, 0.6) is 0 Å². The van der Waals surface area contributed by atoms with Gasteiger partial charge in [-0.1, -0.05) is 6.92 Å². The first kappa shape index (κ1) is 14.5. The van der Waals surface area contributed by atoms with Crippen LogP contribution in [0.25, 0.3) is 0 Å². The molecule has 2 unspecified atom stereocenters. The van der Waals surface area contributed by atoms with Crippen LogP contribution in [0.3, 0.4) is 0 Å². The van der Waals surface area contributed by atoms with Crippen molar-refractivity contribution in [2.75, 3.05) is 13.6 Å². The summed E-state index contributed by atoms with van der Waals surface area (Å²) in [7, 11) is -2.30. The van der Waals surface area contributed by atoms with Crippen LogP contribution >= 0.6 is 0 Å². The summed E-state index contributed by atoms with van der Waals surface area (Å²) in [6.45, 7) is 2.76. The number of carbonyl (C=O) groups excluding carboxylic acids is 1. The molecule has 0 aromatic carbocycles. The van der Waals surface area contributed by atoms with Crippen LogP contribution in [-0.2, 0) is 10.0 Å². The van der Waals surface area contributed by atoms with Crippen LogP contribution < -0.4 is 5.14 Å². The number of aromatic amines is 1. The quantitative estimate of drug-likeness (QED) is 0.832. The second-order valence-corrected chi connectivity index (χ2v) is 7.79. The van der Waals surface area contributed by atoms with Crippen molar-refractivity contribution in [3.8, 4) is 0 Å². The number of hydrogen-bond donors (Lipinski definition) is 2. The zero-order valence-electron chi connectivity index (χ0n) is 12.2. The van der Waals surface area contributed by atoms with Gasteiger partial charge in [0.05, 0.1) is 5.69 Å². The van der Waals surface area contributed by atoms with E-state index >= 15 is 0 Å². The van der Waals surface area contributed by atoms with Crippen molar-refractivity contribution in [2.24, 2.45) is 17.0 Å². The van der Waals surface area contributed by atoms with Crippen LogP contribution in [0.4, 0.5) is 0 Å². The van der Waals surface area contributed by atoms with Gasteiger partial charge in [-0.05, 0) is 31.1 Å². The van der Waals surface area contributed by atoms with E-state index in [1.165, 1.54) is 4.90 Å². The lowest BCUT2D eigenvalue weighted by Gasteiger charge is -2.16. The monoisotopic (exact) mass is 312 g/mol. The molecule has 0 spiro atoms. The minimum Gasteiger partial charge on any atom is -0.340 e. The number of hydrogen-bond acceptors (Lipinski definition) is 4. The Morgan fingerprint density at radius 3 is 2.57 bits per heavy atom. The normalized spacial score (nSPS) is 24.9. The molecule has 1 aromatic rings. The Morgan fingerprint density at radius 2 is 2.10 bits per heavy atom. The summed E-state index contributed by atoms with van der Waals surface area (Å²) in [6, 6.07) is 0. The highest BCUT2D eigenvalue weighted by molar-refractivity contribution is 7.89. The molecule has 2 aliphatic rings. The number of primary sulfonamides is 1. The molecule has 1 heterocycles. The minimum absolute atomic E-state index is 0.0739. The lowest BCUT2D eigenvalue weighted by atomic mass is 10.2. The molecule has 2 fully saturated rings. The summed E-state index contributed by atoms with van der Waals surface area (Å²) < 4.78 is 23.7. The SMILES string of the molecule is CC1CC1CN(C)C(=O)c1n[nH]c(C2CC2)c1S(N)(=O)=O. The van der Waals surface area contributed by atoms with E-state index in [4.69, 9.17) is 5.14 Å². The van der Waals surface area contributed by atoms with Crippen molar-refractivity contribution in [1.82, 2.24) is 15.1 Å². The molecule has 2 aliphatic carbocycles. The summed E-state index contributed by atoms with van der Waals surface area (Å²) in [5, 5.41) is 11.9. The third kappa shape index (κ3) is 2.82. The summed E-state index contributed by atoms with van der Waals surface area (Å²) >= 11 is 0. The van der Waals surface area contributed by atoms with Crippen LogP contribution in [0.1, 0.15) is 48.3 Å². The molecular weight excluding hydrogens is 292 g/mol. The molecule has 0 radical (unpaired) electrons. The highest BCUT2D eigenvalue weighted by atomic mass is 32.2. The Kier molecular flexibility index (Phi) is 3.32. The molecule has 2 saturated carbocycles. The molecular formula is C13H20N4O3S. The van der Waals surface area contributed by atoms with Crippen molar-refractivity contribution < 1.29 is 13.2 Å². The largest absolute Gasteiger partial charge is 0.340 e. The summed E-state index contributed by atoms with van der Waals surface area (Å²) in [5.41, 5.74) is 0.407. The maximum absolute atomic E-state index is 12.5. The van der Waals surface area contributed by atoms with Gasteiger partial charge in [0, 0.05) is 19.5 Å². The van der Waals surface area contributed by atoms with Crippen molar-refractivity contribution in [3.63, 3.8) is 0 Å². The molecule has 21 heavy (non-hydrogen) atoms. The second-order valence-electron chi connectivity index (χ2n) is 6.29. The lowest BCUT2D eigenvalue weighted by molar-refractivity contribution is 0.0777. The predicted octanol–water partition coefficient (Wildman–Crippen LogP) is 0.663. The van der Waals surface area contributed by atoms with Gasteiger partial charge in [0.2, 0.25) is 10.0 Å². The fourth-order valence-corrected chi connectivity index (χ4v) is 3.62. The Labute approximate surface area is 123 Å². The van der Waals surface area contributed by atoms with Crippen LogP contribution in [0, 0.1) is 11.8 Å². The Hall–Kier alpha value is -1.41. The fourth-order valence-electron chi connectivity index (χ4n) is 2.70. The van der Waals surface area contributed by atoms with Crippen LogP contribution in [-0.4, -0.2) is 43.0 Å². The Bertz CT molecular complexity index is 678. The molecule has 8 heteroatoms. The molecule has 0 bridgehead atoms.